The lowest BCUT2D eigenvalue weighted by Gasteiger charge is -2.07. The van der Waals surface area contributed by atoms with Crippen LogP contribution >= 0.6 is 15.9 Å². The van der Waals surface area contributed by atoms with Crippen LogP contribution in [0.15, 0.2) is 97.1 Å². The largest absolute Gasteiger partial charge is 0.0928 e. The van der Waals surface area contributed by atoms with Gasteiger partial charge in [-0.05, 0) is 102 Å². The molecule has 0 radical (unpaired) electrons. The van der Waals surface area contributed by atoms with Crippen molar-refractivity contribution in [1.82, 2.24) is 0 Å². The Bertz CT molecular complexity index is 1420. The molecule has 0 amide bonds. The van der Waals surface area contributed by atoms with E-state index in [0.717, 1.165) is 5.33 Å². The van der Waals surface area contributed by atoms with Crippen LogP contribution in [0.2, 0.25) is 0 Å². The predicted octanol–water partition coefficient (Wildman–Crippen LogP) is 16.5. The maximum absolute atomic E-state index is 3.53. The molecule has 0 aromatic heterocycles. The van der Waals surface area contributed by atoms with Crippen molar-refractivity contribution < 1.29 is 0 Å². The molecule has 52 heavy (non-hydrogen) atoms. The van der Waals surface area contributed by atoms with Gasteiger partial charge >= 0.3 is 0 Å². The fourth-order valence-electron chi connectivity index (χ4n) is 7.59. The Kier molecular flexibility index (Phi) is 21.9. The van der Waals surface area contributed by atoms with Gasteiger partial charge in [-0.1, -0.05) is 223 Å². The van der Waals surface area contributed by atoms with E-state index in [1.165, 1.54) is 205 Å². The molecular weight excluding hydrogens is 692 g/mol. The fraction of sp³-hybridized carbons (Fsp3) is 0.529. The average Bonchev–Trinajstić information content (AvgIpc) is 3.19. The Morgan fingerprint density at radius 3 is 0.712 bits per heavy atom. The molecule has 0 atom stereocenters. The van der Waals surface area contributed by atoms with Crippen LogP contribution in [0.4, 0.5) is 0 Å². The molecule has 0 heterocycles. The number of rotatable bonds is 29. The summed E-state index contributed by atoms with van der Waals surface area (Å²) in [6.07, 6.45) is 33.6. The van der Waals surface area contributed by atoms with Gasteiger partial charge in [-0.15, -0.1) is 0 Å². The second kappa shape index (κ2) is 27.0. The van der Waals surface area contributed by atoms with E-state index in [4.69, 9.17) is 0 Å². The maximum Gasteiger partial charge on any atom is 0.00313 e. The van der Waals surface area contributed by atoms with Crippen molar-refractivity contribution in [3.05, 3.63) is 119 Å². The summed E-state index contributed by atoms with van der Waals surface area (Å²) in [7, 11) is 0. The topological polar surface area (TPSA) is 0 Å². The van der Waals surface area contributed by atoms with E-state index < -0.39 is 0 Å². The number of hydrogen-bond donors (Lipinski definition) is 0. The van der Waals surface area contributed by atoms with Crippen LogP contribution in [0.5, 0.6) is 0 Å². The van der Waals surface area contributed by atoms with Crippen molar-refractivity contribution in [2.24, 2.45) is 0 Å². The van der Waals surface area contributed by atoms with Gasteiger partial charge in [0.05, 0.1) is 0 Å². The highest BCUT2D eigenvalue weighted by atomic mass is 79.9. The number of alkyl halides is 1. The normalized spacial score (nSPS) is 11.3. The van der Waals surface area contributed by atoms with Gasteiger partial charge < -0.3 is 0 Å². The van der Waals surface area contributed by atoms with E-state index in [-0.39, 0.29) is 0 Å². The molecule has 0 aliphatic heterocycles. The zero-order chi connectivity index (χ0) is 36.3. The Morgan fingerprint density at radius 2 is 0.481 bits per heavy atom. The summed E-state index contributed by atoms with van der Waals surface area (Å²) in [5.74, 6) is 0. The van der Waals surface area contributed by atoms with Gasteiger partial charge in [-0.3, -0.25) is 0 Å². The van der Waals surface area contributed by atoms with Crippen molar-refractivity contribution in [2.75, 3.05) is 5.33 Å². The predicted molar refractivity (Wildman–Crippen MR) is 235 cm³/mol. The zero-order valence-electron chi connectivity index (χ0n) is 33.0. The molecule has 0 unspecified atom stereocenters. The minimum Gasteiger partial charge on any atom is -0.0928 e. The van der Waals surface area contributed by atoms with E-state index in [9.17, 15) is 0 Å². The van der Waals surface area contributed by atoms with Crippen molar-refractivity contribution >= 4 is 15.9 Å². The van der Waals surface area contributed by atoms with E-state index in [1.54, 1.807) is 0 Å². The summed E-state index contributed by atoms with van der Waals surface area (Å²) in [6, 6.07) is 37.3. The Morgan fingerprint density at radius 1 is 0.269 bits per heavy atom. The zero-order valence-corrected chi connectivity index (χ0v) is 34.6. The lowest BCUT2D eigenvalue weighted by molar-refractivity contribution is 0.558. The second-order valence-corrected chi connectivity index (χ2v) is 16.3. The summed E-state index contributed by atoms with van der Waals surface area (Å²) in [4.78, 5) is 0. The van der Waals surface area contributed by atoms with Crippen LogP contribution in [-0.4, -0.2) is 5.33 Å². The first kappa shape index (κ1) is 42.1. The van der Waals surface area contributed by atoms with Crippen molar-refractivity contribution in [2.45, 2.75) is 167 Å². The first-order valence-electron chi connectivity index (χ1n) is 21.7. The highest BCUT2D eigenvalue weighted by molar-refractivity contribution is 9.09. The monoisotopic (exact) mass is 762 g/mol. The van der Waals surface area contributed by atoms with Crippen LogP contribution in [0.25, 0.3) is 22.3 Å². The lowest BCUT2D eigenvalue weighted by Crippen LogP contribution is -1.89. The molecule has 0 bridgehead atoms. The molecule has 0 aliphatic carbocycles. The van der Waals surface area contributed by atoms with Crippen LogP contribution in [0.3, 0.4) is 0 Å². The molecule has 4 aromatic rings. The number of unbranched alkanes of at least 4 members (excludes halogenated alkanes) is 18. The smallest absolute Gasteiger partial charge is 0.00313 e. The lowest BCUT2D eigenvalue weighted by atomic mass is 9.98. The van der Waals surface area contributed by atoms with Crippen LogP contribution in [0.1, 0.15) is 164 Å². The summed E-state index contributed by atoms with van der Waals surface area (Å²) < 4.78 is 0. The Hall–Kier alpha value is -2.64. The summed E-state index contributed by atoms with van der Waals surface area (Å²) >= 11 is 3.53. The van der Waals surface area contributed by atoms with E-state index in [0.29, 0.717) is 0 Å². The first-order chi connectivity index (χ1) is 25.7. The maximum atomic E-state index is 3.53. The standard InChI is InChI=1S/C51H71Br/c1-2-3-18-23-44-27-35-48(36-28-44)49-37-29-45(30-38-49)24-19-14-10-6-4-7-11-15-20-25-46-31-39-50(40-32-46)51-41-33-47(34-42-51)26-21-16-12-8-5-9-13-17-22-43-52/h27-42H,2-26,43H2,1H3. The van der Waals surface area contributed by atoms with Gasteiger partial charge in [0.1, 0.15) is 0 Å². The van der Waals surface area contributed by atoms with Crippen molar-refractivity contribution in [3.8, 4) is 22.3 Å². The van der Waals surface area contributed by atoms with E-state index in [2.05, 4.69) is 120 Å². The minimum absolute atomic E-state index is 1.16. The minimum atomic E-state index is 1.16. The molecule has 0 nitrogen and oxygen atoms in total. The van der Waals surface area contributed by atoms with Crippen LogP contribution in [-0.2, 0) is 25.7 Å². The molecule has 0 fully saturated rings. The van der Waals surface area contributed by atoms with Gasteiger partial charge in [0.15, 0.2) is 0 Å². The third-order valence-electron chi connectivity index (χ3n) is 11.1. The van der Waals surface area contributed by atoms with Gasteiger partial charge in [0.2, 0.25) is 0 Å². The van der Waals surface area contributed by atoms with Crippen molar-refractivity contribution in [3.63, 3.8) is 0 Å². The SMILES string of the molecule is CCCCCc1ccc(-c2ccc(CCCCCCCCCCCc3ccc(-c4ccc(CCCCCCCCCCCBr)cc4)cc3)cc2)cc1. The summed E-state index contributed by atoms with van der Waals surface area (Å²) in [5.41, 5.74) is 11.3. The molecule has 4 aromatic carbocycles. The van der Waals surface area contributed by atoms with Crippen LogP contribution < -0.4 is 0 Å². The Balaban J connectivity index is 0.969. The molecule has 0 saturated carbocycles. The summed E-state index contributed by atoms with van der Waals surface area (Å²) in [5, 5.41) is 1.16. The van der Waals surface area contributed by atoms with Gasteiger partial charge in [-0.2, -0.15) is 0 Å². The quantitative estimate of drug-likeness (QED) is 0.0382. The number of aryl methyl sites for hydroxylation is 4. The molecule has 0 saturated heterocycles. The van der Waals surface area contributed by atoms with Gasteiger partial charge in [-0.25, -0.2) is 0 Å². The third-order valence-corrected chi connectivity index (χ3v) is 11.6. The van der Waals surface area contributed by atoms with Gasteiger partial charge in [0.25, 0.3) is 0 Å². The summed E-state index contributed by atoms with van der Waals surface area (Å²) in [6.45, 7) is 2.27. The second-order valence-electron chi connectivity index (χ2n) is 15.5. The molecule has 0 spiro atoms. The fourth-order valence-corrected chi connectivity index (χ4v) is 7.99. The number of hydrogen-bond acceptors (Lipinski definition) is 0. The molecule has 1 heteroatoms. The molecule has 0 aliphatic rings. The van der Waals surface area contributed by atoms with Crippen molar-refractivity contribution in [1.29, 1.82) is 0 Å². The number of benzene rings is 4. The highest BCUT2D eigenvalue weighted by Gasteiger charge is 2.03. The Labute approximate surface area is 328 Å². The molecule has 0 N–H and O–H groups in total. The average molecular weight is 764 g/mol. The highest BCUT2D eigenvalue weighted by Crippen LogP contribution is 2.24. The molecule has 4 rings (SSSR count). The third kappa shape index (κ3) is 17.5. The van der Waals surface area contributed by atoms with E-state index in [1.807, 2.05) is 0 Å². The number of halogens is 1. The molecular formula is C51H71Br. The molecule has 282 valence electrons. The van der Waals surface area contributed by atoms with Crippen LogP contribution in [0, 0.1) is 0 Å². The van der Waals surface area contributed by atoms with E-state index >= 15 is 0 Å². The van der Waals surface area contributed by atoms with Gasteiger partial charge in [0, 0.05) is 5.33 Å². The first-order valence-corrected chi connectivity index (χ1v) is 22.8.